The zero-order valence-electron chi connectivity index (χ0n) is 14.2. The van der Waals surface area contributed by atoms with E-state index in [0.717, 1.165) is 42.1 Å². The minimum Gasteiger partial charge on any atom is -0.483 e. The Morgan fingerprint density at radius 2 is 1.67 bits per heavy atom. The van der Waals surface area contributed by atoms with Gasteiger partial charge in [-0.3, -0.25) is 4.79 Å². The minimum absolute atomic E-state index is 0. The maximum absolute atomic E-state index is 12.2. The monoisotopic (exact) mass is 348 g/mol. The van der Waals surface area contributed by atoms with Crippen LogP contribution < -0.4 is 15.4 Å². The first-order valence-corrected chi connectivity index (χ1v) is 8.03. The van der Waals surface area contributed by atoms with E-state index in [-0.39, 0.29) is 24.9 Å². The average molecular weight is 349 g/mol. The van der Waals surface area contributed by atoms with E-state index in [0.29, 0.717) is 0 Å². The Hall–Kier alpha value is -2.04. The van der Waals surface area contributed by atoms with Gasteiger partial charge in [-0.25, -0.2) is 0 Å². The molecule has 0 saturated carbocycles. The fourth-order valence-electron chi connectivity index (χ4n) is 2.32. The van der Waals surface area contributed by atoms with Crippen LogP contribution >= 0.6 is 12.4 Å². The third kappa shape index (κ3) is 5.87. The summed E-state index contributed by atoms with van der Waals surface area (Å²) >= 11 is 0. The number of anilines is 1. The summed E-state index contributed by atoms with van der Waals surface area (Å²) < 4.78 is 5.66. The van der Waals surface area contributed by atoms with Crippen molar-refractivity contribution in [1.82, 2.24) is 5.32 Å². The first kappa shape index (κ1) is 20.0. The molecule has 0 aliphatic heterocycles. The van der Waals surface area contributed by atoms with Crippen LogP contribution in [0.3, 0.4) is 0 Å². The number of rotatable bonds is 8. The van der Waals surface area contributed by atoms with E-state index < -0.39 is 0 Å². The molecule has 0 saturated heterocycles. The molecule has 0 unspecified atom stereocenters. The fourth-order valence-corrected chi connectivity index (χ4v) is 2.32. The molecular weight excluding hydrogens is 324 g/mol. The molecule has 5 heteroatoms. The second kappa shape index (κ2) is 10.7. The predicted octanol–water partition coefficient (Wildman–Crippen LogP) is 3.80. The van der Waals surface area contributed by atoms with Gasteiger partial charge >= 0.3 is 0 Å². The Kier molecular flexibility index (Phi) is 8.90. The minimum atomic E-state index is -0.153. The summed E-state index contributed by atoms with van der Waals surface area (Å²) in [5.41, 5.74) is 3.00. The Morgan fingerprint density at radius 1 is 1.00 bits per heavy atom. The van der Waals surface area contributed by atoms with E-state index in [4.69, 9.17) is 4.74 Å². The van der Waals surface area contributed by atoms with Crippen LogP contribution in [0, 0.1) is 0 Å². The highest BCUT2D eigenvalue weighted by Crippen LogP contribution is 2.19. The summed E-state index contributed by atoms with van der Waals surface area (Å²) in [5.74, 6) is 0.617. The lowest BCUT2D eigenvalue weighted by Crippen LogP contribution is -2.22. The van der Waals surface area contributed by atoms with Crippen molar-refractivity contribution in [3.8, 4) is 5.75 Å². The van der Waals surface area contributed by atoms with Gasteiger partial charge in [-0.2, -0.15) is 0 Å². The number of carbonyl (C=O) groups excluding carboxylic acids is 1. The number of nitrogens with one attached hydrogen (secondary N) is 2. The number of hydrogen-bond acceptors (Lipinski definition) is 3. The van der Waals surface area contributed by atoms with Crippen LogP contribution in [0.5, 0.6) is 5.75 Å². The van der Waals surface area contributed by atoms with Crippen LogP contribution in [0.4, 0.5) is 5.69 Å². The molecule has 0 aliphatic carbocycles. The number of benzene rings is 2. The van der Waals surface area contributed by atoms with E-state index in [1.165, 1.54) is 0 Å². The van der Waals surface area contributed by atoms with Gasteiger partial charge in [-0.15, -0.1) is 12.4 Å². The molecular formula is C19H25ClN2O2. The molecule has 0 radical (unpaired) electrons. The standard InChI is InChI=1S/C19H24N2O2.ClH/c1-3-15-9-6-8-12-18(15)23-14-19(22)21-17-11-7-5-10-16(17)13-20-4-2;/h5-12,20H,3-4,13-14H2,1-2H3,(H,21,22);1H. The van der Waals surface area contributed by atoms with Crippen LogP contribution in [0.15, 0.2) is 48.5 Å². The molecule has 130 valence electrons. The number of carbonyl (C=O) groups is 1. The summed E-state index contributed by atoms with van der Waals surface area (Å²) in [6.45, 7) is 5.75. The molecule has 4 nitrogen and oxygen atoms in total. The molecule has 2 aromatic carbocycles. The van der Waals surface area contributed by atoms with Gasteiger partial charge in [0.25, 0.3) is 5.91 Å². The van der Waals surface area contributed by atoms with Gasteiger partial charge in [-0.1, -0.05) is 50.2 Å². The lowest BCUT2D eigenvalue weighted by molar-refractivity contribution is -0.118. The molecule has 2 rings (SSSR count). The maximum atomic E-state index is 12.2. The van der Waals surface area contributed by atoms with Crippen LogP contribution in [-0.2, 0) is 17.8 Å². The van der Waals surface area contributed by atoms with Gasteiger partial charge in [0.1, 0.15) is 5.75 Å². The second-order valence-corrected chi connectivity index (χ2v) is 5.24. The number of ether oxygens (including phenoxy) is 1. The summed E-state index contributed by atoms with van der Waals surface area (Å²) in [6.07, 6.45) is 0.878. The molecule has 0 spiro atoms. The number of hydrogen-bond donors (Lipinski definition) is 2. The van der Waals surface area contributed by atoms with Crippen LogP contribution in [0.2, 0.25) is 0 Å². The Bertz CT molecular complexity index is 647. The van der Waals surface area contributed by atoms with Crippen LogP contribution in [-0.4, -0.2) is 19.1 Å². The number of halogens is 1. The molecule has 2 N–H and O–H groups in total. The number of para-hydroxylation sites is 2. The van der Waals surface area contributed by atoms with Gasteiger partial charge in [0, 0.05) is 12.2 Å². The first-order valence-electron chi connectivity index (χ1n) is 8.03. The molecule has 0 atom stereocenters. The van der Waals surface area contributed by atoms with Crippen LogP contribution in [0.1, 0.15) is 25.0 Å². The summed E-state index contributed by atoms with van der Waals surface area (Å²) in [5, 5.41) is 6.19. The molecule has 24 heavy (non-hydrogen) atoms. The molecule has 2 aromatic rings. The lowest BCUT2D eigenvalue weighted by atomic mass is 10.1. The molecule has 0 aliphatic rings. The highest BCUT2D eigenvalue weighted by atomic mass is 35.5. The fraction of sp³-hybridized carbons (Fsp3) is 0.316. The molecule has 0 aromatic heterocycles. The van der Waals surface area contributed by atoms with Crippen molar-refractivity contribution < 1.29 is 9.53 Å². The predicted molar refractivity (Wildman–Crippen MR) is 101 cm³/mol. The molecule has 0 bridgehead atoms. The van der Waals surface area contributed by atoms with Crippen molar-refractivity contribution in [2.45, 2.75) is 26.8 Å². The van der Waals surface area contributed by atoms with Crippen LogP contribution in [0.25, 0.3) is 0 Å². The zero-order valence-corrected chi connectivity index (χ0v) is 15.0. The molecule has 0 fully saturated rings. The van der Waals surface area contributed by atoms with Crippen molar-refractivity contribution in [2.24, 2.45) is 0 Å². The van der Waals surface area contributed by atoms with Crippen molar-refractivity contribution in [2.75, 3.05) is 18.5 Å². The average Bonchev–Trinajstić information content (AvgIpc) is 2.59. The van der Waals surface area contributed by atoms with Crippen molar-refractivity contribution in [1.29, 1.82) is 0 Å². The third-order valence-corrected chi connectivity index (χ3v) is 3.57. The Morgan fingerprint density at radius 3 is 2.38 bits per heavy atom. The Balaban J connectivity index is 0.00000288. The lowest BCUT2D eigenvalue weighted by Gasteiger charge is -2.13. The molecule has 0 heterocycles. The smallest absolute Gasteiger partial charge is 0.262 e. The van der Waals surface area contributed by atoms with Gasteiger partial charge in [0.15, 0.2) is 6.61 Å². The van der Waals surface area contributed by atoms with Crippen molar-refractivity contribution in [3.05, 3.63) is 59.7 Å². The van der Waals surface area contributed by atoms with Gasteiger partial charge < -0.3 is 15.4 Å². The SMILES string of the molecule is CCNCc1ccccc1NC(=O)COc1ccccc1CC.Cl. The highest BCUT2D eigenvalue weighted by molar-refractivity contribution is 5.92. The quantitative estimate of drug-likeness (QED) is 0.763. The molecule has 1 amide bonds. The van der Waals surface area contributed by atoms with E-state index in [1.807, 2.05) is 48.5 Å². The Labute approximate surface area is 150 Å². The van der Waals surface area contributed by atoms with E-state index in [1.54, 1.807) is 0 Å². The van der Waals surface area contributed by atoms with Gasteiger partial charge in [0.05, 0.1) is 0 Å². The number of aryl methyl sites for hydroxylation is 1. The van der Waals surface area contributed by atoms with Crippen molar-refractivity contribution >= 4 is 24.0 Å². The van der Waals surface area contributed by atoms with Gasteiger partial charge in [-0.05, 0) is 36.2 Å². The first-order chi connectivity index (χ1) is 11.2. The third-order valence-electron chi connectivity index (χ3n) is 3.57. The highest BCUT2D eigenvalue weighted by Gasteiger charge is 2.08. The van der Waals surface area contributed by atoms with E-state index >= 15 is 0 Å². The second-order valence-electron chi connectivity index (χ2n) is 5.24. The van der Waals surface area contributed by atoms with Crippen molar-refractivity contribution in [3.63, 3.8) is 0 Å². The van der Waals surface area contributed by atoms with E-state index in [2.05, 4.69) is 24.5 Å². The van der Waals surface area contributed by atoms with E-state index in [9.17, 15) is 4.79 Å². The normalized spacial score (nSPS) is 9.92. The van der Waals surface area contributed by atoms with Gasteiger partial charge in [0.2, 0.25) is 0 Å². The maximum Gasteiger partial charge on any atom is 0.262 e. The largest absolute Gasteiger partial charge is 0.483 e. The number of amides is 1. The summed E-state index contributed by atoms with van der Waals surface area (Å²) in [6, 6.07) is 15.6. The summed E-state index contributed by atoms with van der Waals surface area (Å²) in [7, 11) is 0. The summed E-state index contributed by atoms with van der Waals surface area (Å²) in [4.78, 5) is 12.2. The zero-order chi connectivity index (χ0) is 16.5. The topological polar surface area (TPSA) is 50.4 Å².